The molecule has 35 heavy (non-hydrogen) atoms. The summed E-state index contributed by atoms with van der Waals surface area (Å²) >= 11 is 0. The Morgan fingerprint density at radius 3 is 2.86 bits per heavy atom. The number of amides is 1. The first-order valence-corrected chi connectivity index (χ1v) is 11.2. The van der Waals surface area contributed by atoms with Gasteiger partial charge in [-0.05, 0) is 42.3 Å². The van der Waals surface area contributed by atoms with Crippen LogP contribution in [-0.2, 0) is 6.42 Å². The van der Waals surface area contributed by atoms with Gasteiger partial charge in [-0.25, -0.2) is 14.5 Å². The maximum absolute atomic E-state index is 14.7. The normalized spacial score (nSPS) is 15.2. The van der Waals surface area contributed by atoms with Gasteiger partial charge in [-0.1, -0.05) is 24.3 Å². The lowest BCUT2D eigenvalue weighted by Gasteiger charge is -2.18. The molecule has 4 aromatic rings. The number of aromatic amines is 1. The van der Waals surface area contributed by atoms with Gasteiger partial charge in [-0.3, -0.25) is 9.59 Å². The first-order chi connectivity index (χ1) is 17.0. The maximum atomic E-state index is 14.7. The van der Waals surface area contributed by atoms with Gasteiger partial charge >= 0.3 is 0 Å². The third-order valence-corrected chi connectivity index (χ3v) is 6.15. The number of H-pyrrole nitrogens is 1. The second kappa shape index (κ2) is 9.35. The second-order valence-corrected chi connectivity index (χ2v) is 8.43. The number of nitriles is 1. The average Bonchev–Trinajstić information content (AvgIpc) is 3.35. The molecular formula is C26H21FN6O2. The molecule has 1 aliphatic rings. The Bertz CT molecular complexity index is 1530. The molecule has 1 saturated heterocycles. The van der Waals surface area contributed by atoms with Crippen molar-refractivity contribution in [3.63, 3.8) is 0 Å². The summed E-state index contributed by atoms with van der Waals surface area (Å²) in [5, 5.41) is 20.4. The summed E-state index contributed by atoms with van der Waals surface area (Å²) in [7, 11) is 0. The Kier molecular flexibility index (Phi) is 5.94. The zero-order valence-electron chi connectivity index (χ0n) is 18.7. The summed E-state index contributed by atoms with van der Waals surface area (Å²) in [6.07, 6.45) is 2.59. The number of nitrogens with zero attached hydrogens (tertiary/aromatic N) is 4. The number of fused-ring (bicyclic) bond motifs is 1. The van der Waals surface area contributed by atoms with Crippen LogP contribution in [0.15, 0.2) is 65.6 Å². The molecule has 0 bridgehead atoms. The van der Waals surface area contributed by atoms with Gasteiger partial charge in [0.15, 0.2) is 0 Å². The average molecular weight is 468 g/mol. The molecule has 1 atom stereocenters. The van der Waals surface area contributed by atoms with Crippen molar-refractivity contribution in [2.75, 3.05) is 18.4 Å². The lowest BCUT2D eigenvalue weighted by molar-refractivity contribution is 0.0787. The minimum atomic E-state index is -0.592. The molecule has 2 N–H and O–H groups in total. The number of pyridine rings is 1. The van der Waals surface area contributed by atoms with Crippen LogP contribution in [0.5, 0.6) is 0 Å². The van der Waals surface area contributed by atoms with Crippen molar-refractivity contribution in [1.29, 1.82) is 5.26 Å². The number of halogens is 1. The molecule has 1 fully saturated rings. The van der Waals surface area contributed by atoms with Crippen LogP contribution in [-0.4, -0.2) is 45.1 Å². The molecule has 8 nitrogen and oxygen atoms in total. The minimum Gasteiger partial charge on any atom is -0.364 e. The molecule has 2 aromatic carbocycles. The van der Waals surface area contributed by atoms with Crippen LogP contribution in [0.4, 0.5) is 10.2 Å². The SMILES string of the molecule is N#Cc1cccnc1N[C@@H]1CCN(C(=O)c2cc(Cc3n[nH]c(=O)c4ccccc34)ccc2F)C1. The van der Waals surface area contributed by atoms with Crippen molar-refractivity contribution in [3.05, 3.63) is 99.3 Å². The van der Waals surface area contributed by atoms with Crippen molar-refractivity contribution in [1.82, 2.24) is 20.1 Å². The Hall–Kier alpha value is -4.58. The molecule has 174 valence electrons. The molecule has 0 aliphatic carbocycles. The molecule has 0 saturated carbocycles. The van der Waals surface area contributed by atoms with E-state index in [0.29, 0.717) is 59.3 Å². The topological polar surface area (TPSA) is 115 Å². The number of nitrogens with one attached hydrogen (secondary N) is 2. The summed E-state index contributed by atoms with van der Waals surface area (Å²) < 4.78 is 14.7. The first kappa shape index (κ1) is 22.2. The highest BCUT2D eigenvalue weighted by molar-refractivity contribution is 5.95. The Balaban J connectivity index is 1.34. The van der Waals surface area contributed by atoms with Crippen LogP contribution in [0.25, 0.3) is 10.8 Å². The molecule has 0 spiro atoms. The third-order valence-electron chi connectivity index (χ3n) is 6.15. The molecule has 5 rings (SSSR count). The molecule has 0 unspecified atom stereocenters. The highest BCUT2D eigenvalue weighted by Gasteiger charge is 2.29. The van der Waals surface area contributed by atoms with Crippen LogP contribution in [0.1, 0.15) is 33.6 Å². The fraction of sp³-hybridized carbons (Fsp3) is 0.192. The molecule has 2 aromatic heterocycles. The van der Waals surface area contributed by atoms with Crippen molar-refractivity contribution < 1.29 is 9.18 Å². The number of hydrogen-bond donors (Lipinski definition) is 2. The van der Waals surface area contributed by atoms with Crippen molar-refractivity contribution in [2.45, 2.75) is 18.9 Å². The number of carbonyl (C=O) groups is 1. The van der Waals surface area contributed by atoms with Crippen LogP contribution < -0.4 is 10.9 Å². The van der Waals surface area contributed by atoms with E-state index in [1.807, 2.05) is 12.1 Å². The fourth-order valence-corrected chi connectivity index (χ4v) is 4.38. The summed E-state index contributed by atoms with van der Waals surface area (Å²) in [6.45, 7) is 0.830. The first-order valence-electron chi connectivity index (χ1n) is 11.2. The largest absolute Gasteiger partial charge is 0.364 e. The number of carbonyl (C=O) groups excluding carboxylic acids is 1. The van der Waals surface area contributed by atoms with E-state index in [-0.39, 0.29) is 17.2 Å². The fourth-order valence-electron chi connectivity index (χ4n) is 4.38. The van der Waals surface area contributed by atoms with Gasteiger partial charge in [-0.15, -0.1) is 0 Å². The van der Waals surface area contributed by atoms with E-state index in [4.69, 9.17) is 0 Å². The second-order valence-electron chi connectivity index (χ2n) is 8.43. The zero-order valence-corrected chi connectivity index (χ0v) is 18.7. The lowest BCUT2D eigenvalue weighted by Crippen LogP contribution is -2.32. The number of aromatic nitrogens is 3. The van der Waals surface area contributed by atoms with Crippen LogP contribution in [0, 0.1) is 17.1 Å². The van der Waals surface area contributed by atoms with E-state index >= 15 is 0 Å². The monoisotopic (exact) mass is 468 g/mol. The minimum absolute atomic E-state index is 0.00701. The van der Waals surface area contributed by atoms with Gasteiger partial charge in [0.05, 0.1) is 22.2 Å². The standard InChI is InChI=1S/C26H21FN6O2/c27-22-8-7-16(13-23-19-5-1-2-6-20(19)25(34)32-31-23)12-21(22)26(35)33-11-9-18(15-33)30-24-17(14-28)4-3-10-29-24/h1-8,10,12,18H,9,11,13,15H2,(H,29,30)(H,32,34)/t18-/m1/s1. The Morgan fingerprint density at radius 2 is 2.03 bits per heavy atom. The van der Waals surface area contributed by atoms with E-state index in [2.05, 4.69) is 26.6 Å². The third kappa shape index (κ3) is 4.46. The maximum Gasteiger partial charge on any atom is 0.272 e. The van der Waals surface area contributed by atoms with Gasteiger partial charge in [0.2, 0.25) is 0 Å². The van der Waals surface area contributed by atoms with Gasteiger partial charge in [0.25, 0.3) is 11.5 Å². The van der Waals surface area contributed by atoms with E-state index in [0.717, 1.165) is 0 Å². The number of likely N-dealkylation sites (tertiary alicyclic amines) is 1. The van der Waals surface area contributed by atoms with Crippen molar-refractivity contribution in [2.24, 2.45) is 0 Å². The summed E-state index contributed by atoms with van der Waals surface area (Å²) in [6, 6.07) is 17.0. The predicted molar refractivity (Wildman–Crippen MR) is 128 cm³/mol. The van der Waals surface area contributed by atoms with Gasteiger partial charge in [-0.2, -0.15) is 10.4 Å². The predicted octanol–water partition coefficient (Wildman–Crippen LogP) is 3.25. The molecule has 1 amide bonds. The lowest BCUT2D eigenvalue weighted by atomic mass is 10.0. The highest BCUT2D eigenvalue weighted by Crippen LogP contribution is 2.22. The quantitative estimate of drug-likeness (QED) is 0.465. The molecule has 3 heterocycles. The Morgan fingerprint density at radius 1 is 1.20 bits per heavy atom. The van der Waals surface area contributed by atoms with E-state index in [9.17, 15) is 19.2 Å². The summed E-state index contributed by atoms with van der Waals surface area (Å²) in [5.74, 6) is -0.511. The van der Waals surface area contributed by atoms with Crippen LogP contribution in [0.3, 0.4) is 0 Å². The molecule has 1 aliphatic heterocycles. The van der Waals surface area contributed by atoms with Crippen LogP contribution >= 0.6 is 0 Å². The van der Waals surface area contributed by atoms with E-state index in [1.54, 1.807) is 47.5 Å². The number of hydrogen-bond acceptors (Lipinski definition) is 6. The van der Waals surface area contributed by atoms with Gasteiger partial charge < -0.3 is 10.2 Å². The van der Waals surface area contributed by atoms with E-state index < -0.39 is 11.7 Å². The van der Waals surface area contributed by atoms with Gasteiger partial charge in [0.1, 0.15) is 17.7 Å². The molecular weight excluding hydrogens is 447 g/mol. The number of benzene rings is 2. The zero-order chi connectivity index (χ0) is 24.4. The van der Waals surface area contributed by atoms with E-state index in [1.165, 1.54) is 6.07 Å². The Labute approximate surface area is 200 Å². The summed E-state index contributed by atoms with van der Waals surface area (Å²) in [4.78, 5) is 31.0. The number of rotatable bonds is 5. The smallest absolute Gasteiger partial charge is 0.272 e. The summed E-state index contributed by atoms with van der Waals surface area (Å²) in [5.41, 5.74) is 1.50. The van der Waals surface area contributed by atoms with Gasteiger partial charge in [0, 0.05) is 37.1 Å². The van der Waals surface area contributed by atoms with Crippen LogP contribution in [0.2, 0.25) is 0 Å². The molecule has 0 radical (unpaired) electrons. The molecule has 9 heteroatoms. The highest BCUT2D eigenvalue weighted by atomic mass is 19.1. The van der Waals surface area contributed by atoms with Crippen molar-refractivity contribution in [3.8, 4) is 6.07 Å². The van der Waals surface area contributed by atoms with Crippen molar-refractivity contribution >= 4 is 22.5 Å². The number of anilines is 1.